The van der Waals surface area contributed by atoms with E-state index in [1.54, 1.807) is 0 Å². The third kappa shape index (κ3) is 3.01. The number of aromatic hydroxyl groups is 1. The third-order valence-electron chi connectivity index (χ3n) is 3.33. The monoisotopic (exact) mass is 267 g/mol. The maximum absolute atomic E-state index is 11.0. The number of hydrogen-bond acceptors (Lipinski definition) is 6. The summed E-state index contributed by atoms with van der Waals surface area (Å²) in [7, 11) is 0. The van der Waals surface area contributed by atoms with Crippen LogP contribution in [0.2, 0.25) is 0 Å². The van der Waals surface area contributed by atoms with Gasteiger partial charge >= 0.3 is 0 Å². The predicted octanol–water partition coefficient (Wildman–Crippen LogP) is 0.239. The fraction of sp³-hybridized carbons (Fsp3) is 0.500. The van der Waals surface area contributed by atoms with E-state index in [-0.39, 0.29) is 18.0 Å². The molecule has 1 atom stereocenters. The molecule has 19 heavy (non-hydrogen) atoms. The molecule has 3 N–H and O–H groups in total. The van der Waals surface area contributed by atoms with Crippen molar-refractivity contribution < 1.29 is 15.1 Å². The van der Waals surface area contributed by atoms with Crippen LogP contribution in [0.1, 0.15) is 11.6 Å². The van der Waals surface area contributed by atoms with Gasteiger partial charge in [0, 0.05) is 32.2 Å². The van der Waals surface area contributed by atoms with Crippen molar-refractivity contribution in [2.24, 2.45) is 0 Å². The first-order chi connectivity index (χ1) is 9.13. The van der Waals surface area contributed by atoms with E-state index in [4.69, 9.17) is 0 Å². The van der Waals surface area contributed by atoms with Crippen molar-refractivity contribution in [2.45, 2.75) is 6.04 Å². The van der Waals surface area contributed by atoms with Crippen molar-refractivity contribution >= 4 is 5.69 Å². The lowest BCUT2D eigenvalue weighted by molar-refractivity contribution is -0.386. The SMILES string of the molecule is O=[N+]([O-])c1ccc(O)cc1[C@@H](CO)N1CCNCC1. The number of phenols is 1. The molecular formula is C12H17N3O4. The minimum Gasteiger partial charge on any atom is -0.508 e. The molecule has 1 fully saturated rings. The van der Waals surface area contributed by atoms with Gasteiger partial charge in [-0.3, -0.25) is 15.0 Å². The number of benzene rings is 1. The number of aliphatic hydroxyl groups is 1. The van der Waals surface area contributed by atoms with Gasteiger partial charge in [0.05, 0.1) is 23.1 Å². The maximum Gasteiger partial charge on any atom is 0.274 e. The Labute approximate surface area is 110 Å². The highest BCUT2D eigenvalue weighted by Gasteiger charge is 2.28. The second kappa shape index (κ2) is 5.96. The lowest BCUT2D eigenvalue weighted by Gasteiger charge is -2.33. The number of nitro groups is 1. The summed E-state index contributed by atoms with van der Waals surface area (Å²) in [4.78, 5) is 12.5. The molecule has 1 aliphatic heterocycles. The van der Waals surface area contributed by atoms with Gasteiger partial charge in [-0.05, 0) is 12.1 Å². The molecule has 2 rings (SSSR count). The van der Waals surface area contributed by atoms with Gasteiger partial charge < -0.3 is 15.5 Å². The number of piperazine rings is 1. The smallest absolute Gasteiger partial charge is 0.274 e. The van der Waals surface area contributed by atoms with Crippen LogP contribution in [-0.2, 0) is 0 Å². The summed E-state index contributed by atoms with van der Waals surface area (Å²) < 4.78 is 0. The molecule has 0 unspecified atom stereocenters. The summed E-state index contributed by atoms with van der Waals surface area (Å²) in [6, 6.07) is 3.46. The largest absolute Gasteiger partial charge is 0.508 e. The molecule has 0 amide bonds. The van der Waals surface area contributed by atoms with Crippen LogP contribution in [0.25, 0.3) is 0 Å². The van der Waals surface area contributed by atoms with Gasteiger partial charge in [0.1, 0.15) is 5.75 Å². The van der Waals surface area contributed by atoms with E-state index >= 15 is 0 Å². The van der Waals surface area contributed by atoms with Crippen molar-refractivity contribution in [3.63, 3.8) is 0 Å². The quantitative estimate of drug-likeness (QED) is 0.534. The summed E-state index contributed by atoms with van der Waals surface area (Å²) in [6.07, 6.45) is 0. The molecule has 0 bridgehead atoms. The zero-order valence-electron chi connectivity index (χ0n) is 10.5. The first-order valence-corrected chi connectivity index (χ1v) is 6.16. The third-order valence-corrected chi connectivity index (χ3v) is 3.33. The summed E-state index contributed by atoms with van der Waals surface area (Å²) in [6.45, 7) is 2.76. The Morgan fingerprint density at radius 3 is 2.68 bits per heavy atom. The first kappa shape index (κ1) is 13.7. The van der Waals surface area contributed by atoms with E-state index in [1.165, 1.54) is 18.2 Å². The number of rotatable bonds is 4. The molecule has 104 valence electrons. The Morgan fingerprint density at radius 2 is 2.11 bits per heavy atom. The van der Waals surface area contributed by atoms with Crippen LogP contribution >= 0.6 is 0 Å². The summed E-state index contributed by atoms with van der Waals surface area (Å²) in [5.74, 6) is -0.0332. The van der Waals surface area contributed by atoms with Gasteiger partial charge in [-0.2, -0.15) is 0 Å². The number of phenolic OH excluding ortho intramolecular Hbond substituents is 1. The van der Waals surface area contributed by atoms with E-state index in [9.17, 15) is 20.3 Å². The van der Waals surface area contributed by atoms with Crippen LogP contribution in [0.15, 0.2) is 18.2 Å². The molecule has 1 aliphatic rings. The molecule has 1 aromatic rings. The Morgan fingerprint density at radius 1 is 1.42 bits per heavy atom. The highest BCUT2D eigenvalue weighted by atomic mass is 16.6. The van der Waals surface area contributed by atoms with Crippen molar-refractivity contribution in [3.05, 3.63) is 33.9 Å². The molecule has 7 heteroatoms. The minimum atomic E-state index is -0.486. The Kier molecular flexibility index (Phi) is 4.31. The van der Waals surface area contributed by atoms with Gasteiger partial charge in [-0.25, -0.2) is 0 Å². The fourth-order valence-electron chi connectivity index (χ4n) is 2.38. The van der Waals surface area contributed by atoms with Crippen LogP contribution in [0.5, 0.6) is 5.75 Å². The molecule has 1 heterocycles. The standard InChI is InChI=1S/C12H17N3O4/c16-8-12(14-5-3-13-4-6-14)10-7-9(17)1-2-11(10)15(18)19/h1-2,7,12-13,16-17H,3-6,8H2/t12-/m1/s1. The molecule has 7 nitrogen and oxygen atoms in total. The van der Waals surface area contributed by atoms with Gasteiger partial charge in [0.15, 0.2) is 0 Å². The molecule has 0 aromatic heterocycles. The van der Waals surface area contributed by atoms with E-state index in [1.807, 2.05) is 4.90 Å². The van der Waals surface area contributed by atoms with Crippen LogP contribution in [0, 0.1) is 10.1 Å². The molecule has 0 spiro atoms. The molecule has 1 saturated heterocycles. The van der Waals surface area contributed by atoms with Gasteiger partial charge in [-0.15, -0.1) is 0 Å². The number of nitro benzene ring substituents is 1. The summed E-state index contributed by atoms with van der Waals surface area (Å²) in [5.41, 5.74) is 0.282. The Bertz CT molecular complexity index is 460. The zero-order chi connectivity index (χ0) is 13.8. The second-order valence-corrected chi connectivity index (χ2v) is 4.48. The van der Waals surface area contributed by atoms with Gasteiger partial charge in [0.2, 0.25) is 0 Å². The normalized spacial score (nSPS) is 18.2. The number of nitrogens with one attached hydrogen (secondary N) is 1. The van der Waals surface area contributed by atoms with E-state index < -0.39 is 11.0 Å². The fourth-order valence-corrected chi connectivity index (χ4v) is 2.38. The highest BCUT2D eigenvalue weighted by molar-refractivity contribution is 5.46. The minimum absolute atomic E-state index is 0.0332. The molecule has 0 aliphatic carbocycles. The van der Waals surface area contributed by atoms with Gasteiger partial charge in [0.25, 0.3) is 5.69 Å². The first-order valence-electron chi connectivity index (χ1n) is 6.16. The van der Waals surface area contributed by atoms with Crippen LogP contribution in [-0.4, -0.2) is 52.8 Å². The maximum atomic E-state index is 11.0. The second-order valence-electron chi connectivity index (χ2n) is 4.48. The molecular weight excluding hydrogens is 250 g/mol. The summed E-state index contributed by atoms with van der Waals surface area (Å²) >= 11 is 0. The molecule has 0 saturated carbocycles. The van der Waals surface area contributed by atoms with E-state index in [0.29, 0.717) is 18.7 Å². The lowest BCUT2D eigenvalue weighted by atomic mass is 10.0. The summed E-state index contributed by atoms with van der Waals surface area (Å²) in [5, 5.41) is 33.3. The van der Waals surface area contributed by atoms with E-state index in [0.717, 1.165) is 13.1 Å². The van der Waals surface area contributed by atoms with Crippen molar-refractivity contribution in [1.29, 1.82) is 0 Å². The predicted molar refractivity (Wildman–Crippen MR) is 69.0 cm³/mol. The average Bonchev–Trinajstić information content (AvgIpc) is 2.40. The average molecular weight is 267 g/mol. The lowest BCUT2D eigenvalue weighted by Crippen LogP contribution is -2.46. The number of hydrogen-bond donors (Lipinski definition) is 3. The van der Waals surface area contributed by atoms with Gasteiger partial charge in [-0.1, -0.05) is 0 Å². The van der Waals surface area contributed by atoms with E-state index in [2.05, 4.69) is 5.32 Å². The molecule has 1 aromatic carbocycles. The van der Waals surface area contributed by atoms with Crippen LogP contribution in [0.4, 0.5) is 5.69 Å². The van der Waals surface area contributed by atoms with Crippen LogP contribution in [0.3, 0.4) is 0 Å². The number of aliphatic hydroxyl groups excluding tert-OH is 1. The topological polar surface area (TPSA) is 98.9 Å². The van der Waals surface area contributed by atoms with Crippen molar-refractivity contribution in [1.82, 2.24) is 10.2 Å². The zero-order valence-corrected chi connectivity index (χ0v) is 10.5. The Balaban J connectivity index is 2.35. The number of nitrogens with zero attached hydrogens (tertiary/aromatic N) is 2. The highest BCUT2D eigenvalue weighted by Crippen LogP contribution is 2.32. The van der Waals surface area contributed by atoms with Crippen molar-refractivity contribution in [3.8, 4) is 5.75 Å². The molecule has 0 radical (unpaired) electrons. The Hall–Kier alpha value is -1.70. The van der Waals surface area contributed by atoms with Crippen LogP contribution < -0.4 is 5.32 Å². The van der Waals surface area contributed by atoms with Crippen molar-refractivity contribution in [2.75, 3.05) is 32.8 Å².